The van der Waals surface area contributed by atoms with Gasteiger partial charge >= 0.3 is 6.03 Å². The van der Waals surface area contributed by atoms with Crippen molar-refractivity contribution in [3.63, 3.8) is 0 Å². The summed E-state index contributed by atoms with van der Waals surface area (Å²) >= 11 is 0. The van der Waals surface area contributed by atoms with Gasteiger partial charge in [-0.2, -0.15) is 0 Å². The summed E-state index contributed by atoms with van der Waals surface area (Å²) in [5.74, 6) is 9.08. The second-order valence-corrected chi connectivity index (χ2v) is 0.618. The van der Waals surface area contributed by atoms with Crippen molar-refractivity contribution in [2.75, 3.05) is 0 Å². The zero-order valence-electron chi connectivity index (χ0n) is 7.31. The lowest BCUT2D eigenvalue weighted by atomic mass is 11.1. The predicted molar refractivity (Wildman–Crippen MR) is 53.8 cm³/mol. The van der Waals surface area contributed by atoms with E-state index in [2.05, 4.69) is 51.2 Å². The molecule has 2 amide bonds. The van der Waals surface area contributed by atoms with E-state index in [1.807, 2.05) is 0 Å². The Morgan fingerprint density at radius 1 is 0.833 bits per heavy atom. The van der Waals surface area contributed by atoms with Gasteiger partial charge in [-0.25, -0.2) is 16.5 Å². The maximum absolute atomic E-state index is 9.71. The van der Waals surface area contributed by atoms with Crippen LogP contribution in [0.3, 0.4) is 0 Å². The molecule has 72 valence electrons. The monoisotopic (exact) mass is 174 g/mol. The Hall–Kier alpha value is -1.59. The van der Waals surface area contributed by atoms with E-state index in [9.17, 15) is 4.79 Å². The Kier molecular flexibility index (Phi) is 107. The van der Waals surface area contributed by atoms with E-state index in [1.54, 1.807) is 10.9 Å². The van der Waals surface area contributed by atoms with Crippen LogP contribution in [0.2, 0.25) is 0 Å². The summed E-state index contributed by atoms with van der Waals surface area (Å²) in [6, 6.07) is -0.602. The molecule has 0 radical (unpaired) electrons. The van der Waals surface area contributed by atoms with Crippen LogP contribution in [-0.2, 0) is 0 Å². The molecule has 0 aliphatic heterocycles. The Morgan fingerprint density at radius 2 is 1.00 bits per heavy atom. The van der Waals surface area contributed by atoms with E-state index in [4.69, 9.17) is 0 Å². The zero-order valence-corrected chi connectivity index (χ0v) is 7.31. The maximum atomic E-state index is 9.71. The molecule has 0 heterocycles. The first-order valence-corrected chi connectivity index (χ1v) is 2.78. The van der Waals surface area contributed by atoms with E-state index in [0.29, 0.717) is 0 Å². The molecule has 5 heteroatoms. The number of rotatable bonds is 0. The molecule has 0 aromatic rings. The maximum Gasteiger partial charge on any atom is 0.343 e. The quantitative estimate of drug-likeness (QED) is 0.186. The van der Waals surface area contributed by atoms with Crippen molar-refractivity contribution >= 4 is 6.03 Å². The Bertz CT molecular complexity index is 76.7. The van der Waals surface area contributed by atoms with Gasteiger partial charge in [-0.15, -0.1) is 39.5 Å². The van der Waals surface area contributed by atoms with Crippen LogP contribution in [0.25, 0.3) is 0 Å². The van der Waals surface area contributed by atoms with Crippen molar-refractivity contribution in [1.29, 1.82) is 0 Å². The number of amides is 2. The highest BCUT2D eigenvalue weighted by atomic mass is 16.2. The standard InChI is InChI=1S/3C2H4.CH6N4O/c3*1-2;2-4-1(6)5-3/h3*1-2H2;2-3H2,(H2,4,5,6). The third-order valence-corrected chi connectivity index (χ3v) is 0.262. The first-order chi connectivity index (χ1) is 5.81. The van der Waals surface area contributed by atoms with Crippen LogP contribution in [0.5, 0.6) is 0 Å². The highest BCUT2D eigenvalue weighted by Gasteiger charge is 1.82. The van der Waals surface area contributed by atoms with Crippen molar-refractivity contribution in [3.8, 4) is 0 Å². The van der Waals surface area contributed by atoms with E-state index in [1.165, 1.54) is 0 Å². The molecule has 12 heavy (non-hydrogen) atoms. The molecule has 0 aromatic carbocycles. The number of carbonyl (C=O) groups excluding carboxylic acids is 1. The Labute approximate surface area is 73.8 Å². The molecule has 0 saturated heterocycles. The molecular weight excluding hydrogens is 156 g/mol. The number of hydrazine groups is 2. The van der Waals surface area contributed by atoms with Gasteiger partial charge in [0.15, 0.2) is 0 Å². The van der Waals surface area contributed by atoms with Gasteiger partial charge in [0.1, 0.15) is 0 Å². The number of carbonyl (C=O) groups is 1. The molecule has 0 atom stereocenters. The average molecular weight is 174 g/mol. The lowest BCUT2D eigenvalue weighted by Crippen LogP contribution is -2.43. The number of hydrogen-bond donors (Lipinski definition) is 4. The van der Waals surface area contributed by atoms with Crippen LogP contribution >= 0.6 is 0 Å². The van der Waals surface area contributed by atoms with Crippen molar-refractivity contribution in [1.82, 2.24) is 10.9 Å². The van der Waals surface area contributed by atoms with Gasteiger partial charge in [0, 0.05) is 0 Å². The van der Waals surface area contributed by atoms with Crippen molar-refractivity contribution in [2.45, 2.75) is 0 Å². The molecule has 0 unspecified atom stereocenters. The fourth-order valence-corrected chi connectivity index (χ4v) is 0.0417. The molecule has 0 aliphatic carbocycles. The summed E-state index contributed by atoms with van der Waals surface area (Å²) in [4.78, 5) is 9.71. The second-order valence-electron chi connectivity index (χ2n) is 0.618. The van der Waals surface area contributed by atoms with Crippen LogP contribution in [-0.4, -0.2) is 6.03 Å². The zero-order chi connectivity index (χ0) is 11.0. The summed E-state index contributed by atoms with van der Waals surface area (Å²) in [7, 11) is 0. The lowest BCUT2D eigenvalue weighted by Gasteiger charge is -1.90. The first-order valence-electron chi connectivity index (χ1n) is 2.78. The smallest absolute Gasteiger partial charge is 0.275 e. The molecule has 0 aliphatic rings. The van der Waals surface area contributed by atoms with Gasteiger partial charge in [-0.3, -0.25) is 10.9 Å². The second kappa shape index (κ2) is 57.2. The molecule has 0 aromatic heterocycles. The summed E-state index contributed by atoms with van der Waals surface area (Å²) in [6.45, 7) is 18.0. The highest BCUT2D eigenvalue weighted by molar-refractivity contribution is 5.72. The van der Waals surface area contributed by atoms with Crippen LogP contribution in [0, 0.1) is 0 Å². The van der Waals surface area contributed by atoms with Crippen LogP contribution in [0.15, 0.2) is 39.5 Å². The van der Waals surface area contributed by atoms with Gasteiger partial charge in [0.25, 0.3) is 0 Å². The van der Waals surface area contributed by atoms with Gasteiger partial charge in [-0.1, -0.05) is 0 Å². The number of nitrogens with one attached hydrogen (secondary N) is 2. The van der Waals surface area contributed by atoms with Crippen LogP contribution in [0.4, 0.5) is 4.79 Å². The molecule has 0 bridgehead atoms. The number of nitrogens with two attached hydrogens (primary N) is 2. The summed E-state index contributed by atoms with van der Waals surface area (Å²) < 4.78 is 0. The van der Waals surface area contributed by atoms with E-state index < -0.39 is 6.03 Å². The summed E-state index contributed by atoms with van der Waals surface area (Å²) in [5, 5.41) is 0. The van der Waals surface area contributed by atoms with Gasteiger partial charge in [0.05, 0.1) is 0 Å². The van der Waals surface area contributed by atoms with E-state index in [-0.39, 0.29) is 0 Å². The Balaban J connectivity index is -0.0000000453. The normalized spacial score (nSPS) is 4.50. The molecule has 0 saturated carbocycles. The van der Waals surface area contributed by atoms with E-state index >= 15 is 0 Å². The average Bonchev–Trinajstić information content (AvgIpc) is 2.25. The van der Waals surface area contributed by atoms with Crippen molar-refractivity contribution < 1.29 is 4.79 Å². The van der Waals surface area contributed by atoms with Gasteiger partial charge in [0.2, 0.25) is 0 Å². The summed E-state index contributed by atoms with van der Waals surface area (Å²) in [5.41, 5.74) is 3.48. The van der Waals surface area contributed by atoms with Crippen LogP contribution in [0.1, 0.15) is 0 Å². The lowest BCUT2D eigenvalue weighted by molar-refractivity contribution is 0.241. The third-order valence-electron chi connectivity index (χ3n) is 0.262. The van der Waals surface area contributed by atoms with Crippen molar-refractivity contribution in [2.24, 2.45) is 11.7 Å². The molecule has 0 rings (SSSR count). The summed E-state index contributed by atoms with van der Waals surface area (Å²) in [6.07, 6.45) is 0. The minimum absolute atomic E-state index is 0.602. The Morgan fingerprint density at radius 3 is 1.00 bits per heavy atom. The first kappa shape index (κ1) is 22.4. The van der Waals surface area contributed by atoms with E-state index in [0.717, 1.165) is 0 Å². The fourth-order valence-electron chi connectivity index (χ4n) is 0.0417. The number of urea groups is 1. The van der Waals surface area contributed by atoms with Gasteiger partial charge < -0.3 is 0 Å². The minimum Gasteiger partial charge on any atom is -0.275 e. The highest BCUT2D eigenvalue weighted by Crippen LogP contribution is 1.42. The van der Waals surface area contributed by atoms with Crippen LogP contribution < -0.4 is 22.5 Å². The molecule has 0 fully saturated rings. The largest absolute Gasteiger partial charge is 0.343 e. The third kappa shape index (κ3) is 79.5. The number of hydrogen-bond acceptors (Lipinski definition) is 3. The SMILES string of the molecule is C=C.C=C.C=C.NNC(=O)NN. The topological polar surface area (TPSA) is 93.2 Å². The molecule has 5 nitrogen and oxygen atoms in total. The molecule has 0 spiro atoms. The minimum atomic E-state index is -0.602. The van der Waals surface area contributed by atoms with Gasteiger partial charge in [-0.05, 0) is 0 Å². The molecule has 6 N–H and O–H groups in total. The molecular formula is C7H18N4O. The fraction of sp³-hybridized carbons (Fsp3) is 0. The van der Waals surface area contributed by atoms with Crippen molar-refractivity contribution in [3.05, 3.63) is 39.5 Å². The predicted octanol–water partition coefficient (Wildman–Crippen LogP) is 0.440.